The summed E-state index contributed by atoms with van der Waals surface area (Å²) in [7, 11) is 0. The molecule has 0 bridgehead atoms. The lowest BCUT2D eigenvalue weighted by molar-refractivity contribution is -0.126. The number of alkyl halides is 2. The summed E-state index contributed by atoms with van der Waals surface area (Å²) in [5.41, 5.74) is 6.17. The molecule has 1 aromatic carbocycles. The number of ether oxygens (including phenoxy) is 1. The van der Waals surface area contributed by atoms with Crippen LogP contribution in [0.3, 0.4) is 0 Å². The Morgan fingerprint density at radius 2 is 2.00 bits per heavy atom. The van der Waals surface area contributed by atoms with Crippen LogP contribution in [0.5, 0.6) is 0 Å². The van der Waals surface area contributed by atoms with Gasteiger partial charge in [-0.05, 0) is 49.8 Å². The first kappa shape index (κ1) is 23.1. The van der Waals surface area contributed by atoms with Gasteiger partial charge in [0.1, 0.15) is 12.6 Å². The minimum atomic E-state index is -2.78. The molecule has 3 aliphatic rings. The van der Waals surface area contributed by atoms with Crippen molar-refractivity contribution in [3.8, 4) is 0 Å². The van der Waals surface area contributed by atoms with E-state index in [1.807, 2.05) is 0 Å². The van der Waals surface area contributed by atoms with Crippen molar-refractivity contribution in [2.45, 2.75) is 57.0 Å². The molecule has 2 saturated carbocycles. The van der Waals surface area contributed by atoms with Crippen molar-refractivity contribution in [2.24, 2.45) is 11.7 Å². The maximum Gasteiger partial charge on any atom is 0.265 e. The van der Waals surface area contributed by atoms with E-state index in [2.05, 4.69) is 10.2 Å². The summed E-state index contributed by atoms with van der Waals surface area (Å²) in [5.74, 6) is -0.0207. The zero-order valence-corrected chi connectivity index (χ0v) is 18.3. The molecule has 2 aliphatic carbocycles. The van der Waals surface area contributed by atoms with Gasteiger partial charge in [0.05, 0.1) is 12.3 Å². The van der Waals surface area contributed by atoms with Gasteiger partial charge in [-0.1, -0.05) is 12.8 Å². The van der Waals surface area contributed by atoms with Crippen LogP contribution in [0.1, 0.15) is 50.5 Å². The zero-order valence-electron chi connectivity index (χ0n) is 18.3. The van der Waals surface area contributed by atoms with Gasteiger partial charge in [-0.15, -0.1) is 0 Å². The SMILES string of the molecule is NC[C@H](C(=O)Nc1ccc(N2CCOCC2=O)c(C(F)F)c1)N(CC1CCC1)C1CCC1. The molecule has 1 atom stereocenters. The number of hydrogen-bond acceptors (Lipinski definition) is 5. The lowest BCUT2D eigenvalue weighted by atomic mass is 9.82. The summed E-state index contributed by atoms with van der Waals surface area (Å²) < 4.78 is 32.7. The van der Waals surface area contributed by atoms with Crippen LogP contribution in [0.2, 0.25) is 0 Å². The Hall–Kier alpha value is -2.10. The summed E-state index contributed by atoms with van der Waals surface area (Å²) in [6, 6.07) is 4.16. The molecule has 4 rings (SSSR count). The van der Waals surface area contributed by atoms with E-state index in [0.29, 0.717) is 18.6 Å². The molecule has 1 saturated heterocycles. The smallest absolute Gasteiger partial charge is 0.265 e. The van der Waals surface area contributed by atoms with E-state index in [-0.39, 0.29) is 48.4 Å². The molecule has 0 spiro atoms. The summed E-state index contributed by atoms with van der Waals surface area (Å²) >= 11 is 0. The highest BCUT2D eigenvalue weighted by Crippen LogP contribution is 2.35. The Morgan fingerprint density at radius 1 is 1.25 bits per heavy atom. The summed E-state index contributed by atoms with van der Waals surface area (Å²) in [6.07, 6.45) is 4.10. The van der Waals surface area contributed by atoms with E-state index in [9.17, 15) is 18.4 Å². The van der Waals surface area contributed by atoms with E-state index in [1.165, 1.54) is 36.3 Å². The van der Waals surface area contributed by atoms with Gasteiger partial charge in [0.15, 0.2) is 0 Å². The Kier molecular flexibility index (Phi) is 7.37. The minimum Gasteiger partial charge on any atom is -0.370 e. The molecule has 0 radical (unpaired) electrons. The van der Waals surface area contributed by atoms with Crippen LogP contribution in [0.15, 0.2) is 18.2 Å². The van der Waals surface area contributed by atoms with E-state index >= 15 is 0 Å². The topological polar surface area (TPSA) is 87.9 Å². The van der Waals surface area contributed by atoms with E-state index < -0.39 is 12.5 Å². The first-order chi connectivity index (χ1) is 15.5. The van der Waals surface area contributed by atoms with Gasteiger partial charge in [0.2, 0.25) is 5.91 Å². The van der Waals surface area contributed by atoms with Gasteiger partial charge in [0.25, 0.3) is 12.3 Å². The summed E-state index contributed by atoms with van der Waals surface area (Å²) in [6.45, 7) is 1.43. The van der Waals surface area contributed by atoms with Crippen molar-refractivity contribution < 1.29 is 23.1 Å². The average Bonchev–Trinajstić information content (AvgIpc) is 2.70. The number of nitrogens with zero attached hydrogens (tertiary/aromatic N) is 2. The molecule has 3 fully saturated rings. The van der Waals surface area contributed by atoms with Crippen LogP contribution in [0, 0.1) is 5.92 Å². The lowest BCUT2D eigenvalue weighted by Crippen LogP contribution is -2.56. The monoisotopic (exact) mass is 450 g/mol. The number of hydrogen-bond donors (Lipinski definition) is 2. The van der Waals surface area contributed by atoms with Crippen molar-refractivity contribution >= 4 is 23.2 Å². The van der Waals surface area contributed by atoms with Crippen LogP contribution in [0.25, 0.3) is 0 Å². The second kappa shape index (κ2) is 10.2. The van der Waals surface area contributed by atoms with Gasteiger partial charge < -0.3 is 20.7 Å². The van der Waals surface area contributed by atoms with Gasteiger partial charge in [-0.2, -0.15) is 0 Å². The number of morpholine rings is 1. The molecule has 7 nitrogen and oxygen atoms in total. The fourth-order valence-corrected chi connectivity index (χ4v) is 4.67. The second-order valence-corrected chi connectivity index (χ2v) is 8.99. The maximum absolute atomic E-state index is 13.8. The van der Waals surface area contributed by atoms with Crippen LogP contribution in [-0.4, -0.2) is 61.6 Å². The van der Waals surface area contributed by atoms with Crippen molar-refractivity contribution in [3.05, 3.63) is 23.8 Å². The number of nitrogens with two attached hydrogens (primary N) is 1. The minimum absolute atomic E-state index is 0.128. The van der Waals surface area contributed by atoms with Crippen molar-refractivity contribution in [1.29, 1.82) is 0 Å². The normalized spacial score (nSPS) is 20.9. The third-order valence-corrected chi connectivity index (χ3v) is 6.97. The molecule has 1 aromatic rings. The Balaban J connectivity index is 1.50. The number of anilines is 2. The molecule has 1 aliphatic heterocycles. The molecule has 0 aromatic heterocycles. The Bertz CT molecular complexity index is 829. The predicted molar refractivity (Wildman–Crippen MR) is 118 cm³/mol. The summed E-state index contributed by atoms with van der Waals surface area (Å²) in [4.78, 5) is 28.8. The molecular formula is C23H32F2N4O3. The molecule has 3 N–H and O–H groups in total. The predicted octanol–water partition coefficient (Wildman–Crippen LogP) is 2.91. The van der Waals surface area contributed by atoms with Gasteiger partial charge >= 0.3 is 0 Å². The van der Waals surface area contributed by atoms with Crippen molar-refractivity contribution in [1.82, 2.24) is 4.90 Å². The van der Waals surface area contributed by atoms with Crippen LogP contribution >= 0.6 is 0 Å². The third kappa shape index (κ3) is 4.94. The lowest BCUT2D eigenvalue weighted by Gasteiger charge is -2.44. The molecule has 9 heteroatoms. The third-order valence-electron chi connectivity index (χ3n) is 6.97. The number of benzene rings is 1. The molecule has 1 heterocycles. The van der Waals surface area contributed by atoms with E-state index in [1.54, 1.807) is 6.07 Å². The maximum atomic E-state index is 13.8. The fraction of sp³-hybridized carbons (Fsp3) is 0.652. The zero-order chi connectivity index (χ0) is 22.7. The highest BCUT2D eigenvalue weighted by atomic mass is 19.3. The van der Waals surface area contributed by atoms with E-state index in [0.717, 1.165) is 25.8 Å². The summed E-state index contributed by atoms with van der Waals surface area (Å²) in [5, 5.41) is 2.80. The van der Waals surface area contributed by atoms with E-state index in [4.69, 9.17) is 10.5 Å². The highest BCUT2D eigenvalue weighted by Gasteiger charge is 2.36. The van der Waals surface area contributed by atoms with Gasteiger partial charge in [-0.3, -0.25) is 14.5 Å². The van der Waals surface area contributed by atoms with Gasteiger partial charge in [-0.25, -0.2) is 8.78 Å². The second-order valence-electron chi connectivity index (χ2n) is 8.99. The molecule has 32 heavy (non-hydrogen) atoms. The van der Waals surface area contributed by atoms with Crippen LogP contribution in [-0.2, 0) is 14.3 Å². The molecule has 0 unspecified atom stereocenters. The number of nitrogens with one attached hydrogen (secondary N) is 1. The molecular weight excluding hydrogens is 418 g/mol. The van der Waals surface area contributed by atoms with Crippen LogP contribution < -0.4 is 16.0 Å². The fourth-order valence-electron chi connectivity index (χ4n) is 4.67. The van der Waals surface area contributed by atoms with Gasteiger partial charge in [0, 0.05) is 36.9 Å². The number of carbonyl (C=O) groups excluding carboxylic acids is 2. The highest BCUT2D eigenvalue weighted by molar-refractivity contribution is 5.98. The number of carbonyl (C=O) groups is 2. The van der Waals surface area contributed by atoms with Crippen LogP contribution in [0.4, 0.5) is 20.2 Å². The number of rotatable bonds is 9. The standard InChI is InChI=1S/C23H32F2N4O3/c24-22(25)18-11-16(7-8-19(18)28-9-10-32-14-21(28)30)27-23(31)20(12-26)29(17-5-2-6-17)13-15-3-1-4-15/h7-8,11,15,17,20,22H,1-6,9-10,12-14,26H2,(H,27,31)/t20-/m1/s1. The first-order valence-corrected chi connectivity index (χ1v) is 11.5. The largest absolute Gasteiger partial charge is 0.370 e. The first-order valence-electron chi connectivity index (χ1n) is 11.5. The molecule has 2 amide bonds. The van der Waals surface area contributed by atoms with Crippen molar-refractivity contribution in [2.75, 3.05) is 43.1 Å². The average molecular weight is 451 g/mol. The Morgan fingerprint density at radius 3 is 2.56 bits per heavy atom. The number of halogens is 2. The number of amides is 2. The quantitative estimate of drug-likeness (QED) is 0.604. The Labute approximate surface area is 187 Å². The van der Waals surface area contributed by atoms with Crippen molar-refractivity contribution in [3.63, 3.8) is 0 Å². The molecule has 176 valence electrons.